The molecule has 3 heteroatoms. The highest BCUT2D eigenvalue weighted by Gasteiger charge is 2.22. The van der Waals surface area contributed by atoms with Crippen LogP contribution in [-0.4, -0.2) is 14.7 Å². The normalized spacial score (nSPS) is 20.9. The zero-order valence-electron chi connectivity index (χ0n) is 8.95. The van der Waals surface area contributed by atoms with E-state index < -0.39 is 0 Å². The van der Waals surface area contributed by atoms with Crippen molar-refractivity contribution < 1.29 is 5.11 Å². The molecule has 1 unspecified atom stereocenters. The molecule has 78 valence electrons. The maximum Gasteiger partial charge on any atom is 0.109 e. The first-order valence-corrected chi connectivity index (χ1v) is 5.47. The van der Waals surface area contributed by atoms with Gasteiger partial charge >= 0.3 is 0 Å². The van der Waals surface area contributed by atoms with Gasteiger partial charge in [-0.25, -0.2) is 4.98 Å². The number of hydrogen-bond donors (Lipinski definition) is 1. The maximum absolute atomic E-state index is 9.21. The molecule has 1 aliphatic heterocycles. The van der Waals surface area contributed by atoms with Crippen LogP contribution in [-0.2, 0) is 19.4 Å². The van der Waals surface area contributed by atoms with Crippen molar-refractivity contribution in [2.75, 3.05) is 0 Å². The molecule has 2 rings (SSSR count). The van der Waals surface area contributed by atoms with Gasteiger partial charge in [0.25, 0.3) is 0 Å². The molecule has 0 radical (unpaired) electrons. The first-order chi connectivity index (χ1) is 6.77. The summed E-state index contributed by atoms with van der Waals surface area (Å²) in [6.45, 7) is 4.45. The van der Waals surface area contributed by atoms with Gasteiger partial charge in [0.15, 0.2) is 0 Å². The molecule has 1 atom stereocenters. The van der Waals surface area contributed by atoms with Gasteiger partial charge in [-0.2, -0.15) is 0 Å². The van der Waals surface area contributed by atoms with Crippen molar-refractivity contribution in [2.24, 2.45) is 0 Å². The summed E-state index contributed by atoms with van der Waals surface area (Å²) in [6.07, 6.45) is 4.49. The summed E-state index contributed by atoms with van der Waals surface area (Å²) < 4.78 is 2.33. The van der Waals surface area contributed by atoms with Crippen molar-refractivity contribution in [3.8, 4) is 0 Å². The quantitative estimate of drug-likeness (QED) is 0.780. The Bertz CT molecular complexity index is 330. The molecule has 2 heterocycles. The second kappa shape index (κ2) is 3.73. The number of hydrogen-bond acceptors (Lipinski definition) is 2. The number of aromatic nitrogens is 2. The third kappa shape index (κ3) is 1.36. The second-order valence-electron chi connectivity index (χ2n) is 4.04. The van der Waals surface area contributed by atoms with Gasteiger partial charge in [0, 0.05) is 18.2 Å². The fourth-order valence-electron chi connectivity index (χ4n) is 2.42. The van der Waals surface area contributed by atoms with Crippen LogP contribution in [0.5, 0.6) is 0 Å². The van der Waals surface area contributed by atoms with Crippen molar-refractivity contribution in [1.82, 2.24) is 9.55 Å². The zero-order chi connectivity index (χ0) is 10.1. The summed E-state index contributed by atoms with van der Waals surface area (Å²) in [5.74, 6) is 1.14. The van der Waals surface area contributed by atoms with E-state index in [4.69, 9.17) is 0 Å². The van der Waals surface area contributed by atoms with E-state index in [1.807, 2.05) is 0 Å². The van der Waals surface area contributed by atoms with Gasteiger partial charge in [0.2, 0.25) is 0 Å². The molecule has 0 spiro atoms. The fraction of sp³-hybridized carbons (Fsp3) is 0.727. The van der Waals surface area contributed by atoms with Gasteiger partial charge in [0.1, 0.15) is 5.82 Å². The summed E-state index contributed by atoms with van der Waals surface area (Å²) in [5.41, 5.74) is 2.16. The zero-order valence-corrected chi connectivity index (χ0v) is 8.95. The van der Waals surface area contributed by atoms with Gasteiger partial charge in [-0.1, -0.05) is 6.92 Å². The van der Waals surface area contributed by atoms with Crippen LogP contribution < -0.4 is 0 Å². The first-order valence-electron chi connectivity index (χ1n) is 5.47. The molecule has 0 amide bonds. The number of aliphatic hydroxyl groups is 1. The summed E-state index contributed by atoms with van der Waals surface area (Å²) in [6, 6.07) is 0.557. The average Bonchev–Trinajstić information content (AvgIpc) is 2.57. The van der Waals surface area contributed by atoms with Crippen molar-refractivity contribution >= 4 is 0 Å². The summed E-state index contributed by atoms with van der Waals surface area (Å²) in [4.78, 5) is 4.49. The largest absolute Gasteiger partial charge is 0.390 e. The Labute approximate surface area is 84.8 Å². The highest BCUT2D eigenvalue weighted by molar-refractivity contribution is 5.20. The minimum absolute atomic E-state index is 0.0854. The van der Waals surface area contributed by atoms with E-state index in [1.54, 1.807) is 0 Å². The highest BCUT2D eigenvalue weighted by atomic mass is 16.3. The molecule has 14 heavy (non-hydrogen) atoms. The minimum atomic E-state index is 0.0854. The predicted molar refractivity (Wildman–Crippen MR) is 55.2 cm³/mol. The van der Waals surface area contributed by atoms with E-state index >= 15 is 0 Å². The Morgan fingerprint density at radius 1 is 1.57 bits per heavy atom. The lowest BCUT2D eigenvalue weighted by molar-refractivity contribution is 0.274. The molecule has 1 aromatic rings. The van der Waals surface area contributed by atoms with Gasteiger partial charge in [0.05, 0.1) is 12.3 Å². The molecule has 0 aromatic carbocycles. The smallest absolute Gasteiger partial charge is 0.109 e. The highest BCUT2D eigenvalue weighted by Crippen LogP contribution is 2.28. The summed E-state index contributed by atoms with van der Waals surface area (Å²) >= 11 is 0. The van der Waals surface area contributed by atoms with Crippen LogP contribution in [0.1, 0.15) is 49.9 Å². The molecule has 1 aromatic heterocycles. The molecule has 0 saturated carbocycles. The Morgan fingerprint density at radius 2 is 2.36 bits per heavy atom. The van der Waals surface area contributed by atoms with E-state index in [2.05, 4.69) is 23.4 Å². The Kier molecular flexibility index (Phi) is 2.59. The van der Waals surface area contributed by atoms with E-state index in [0.717, 1.165) is 24.4 Å². The van der Waals surface area contributed by atoms with Crippen LogP contribution in [0.2, 0.25) is 0 Å². The molecule has 1 aliphatic rings. The molecule has 0 aliphatic carbocycles. The number of nitrogens with zero attached hydrogens (tertiary/aromatic N) is 2. The Balaban J connectivity index is 2.50. The van der Waals surface area contributed by atoms with Crippen LogP contribution in [0.15, 0.2) is 0 Å². The Hall–Kier alpha value is -0.830. The third-order valence-electron chi connectivity index (χ3n) is 3.11. The van der Waals surface area contributed by atoms with Gasteiger partial charge in [-0.05, 0) is 26.2 Å². The topological polar surface area (TPSA) is 38.1 Å². The van der Waals surface area contributed by atoms with Crippen LogP contribution in [0, 0.1) is 0 Å². The molecule has 0 bridgehead atoms. The molecular weight excluding hydrogens is 176 g/mol. The lowest BCUT2D eigenvalue weighted by Crippen LogP contribution is -2.17. The van der Waals surface area contributed by atoms with E-state index in [1.165, 1.54) is 18.5 Å². The molecule has 1 N–H and O–H groups in total. The summed E-state index contributed by atoms with van der Waals surface area (Å²) in [7, 11) is 0. The van der Waals surface area contributed by atoms with Crippen LogP contribution in [0.3, 0.4) is 0 Å². The number of imidazole rings is 1. The lowest BCUT2D eigenvalue weighted by atomic mass is 10.0. The monoisotopic (exact) mass is 194 g/mol. The molecule has 0 saturated heterocycles. The molecule has 0 fully saturated rings. The molecular formula is C11H18N2O. The maximum atomic E-state index is 9.21. The number of fused-ring (bicyclic) bond motifs is 1. The SMILES string of the molecule is CCc1nc(CO)c2n1C(C)CCC2. The molecule has 3 nitrogen and oxygen atoms in total. The van der Waals surface area contributed by atoms with Crippen LogP contribution in [0.4, 0.5) is 0 Å². The van der Waals surface area contributed by atoms with E-state index in [-0.39, 0.29) is 6.61 Å². The number of aryl methyl sites for hydroxylation is 1. The summed E-state index contributed by atoms with van der Waals surface area (Å²) in [5, 5.41) is 9.21. The van der Waals surface area contributed by atoms with Crippen molar-refractivity contribution in [1.29, 1.82) is 0 Å². The van der Waals surface area contributed by atoms with Gasteiger partial charge < -0.3 is 9.67 Å². The van der Waals surface area contributed by atoms with Gasteiger partial charge in [-0.3, -0.25) is 0 Å². The number of aliphatic hydroxyl groups excluding tert-OH is 1. The number of rotatable bonds is 2. The second-order valence-corrected chi connectivity index (χ2v) is 4.04. The Morgan fingerprint density at radius 3 is 3.00 bits per heavy atom. The van der Waals surface area contributed by atoms with Crippen molar-refractivity contribution in [3.05, 3.63) is 17.2 Å². The van der Waals surface area contributed by atoms with Crippen molar-refractivity contribution in [2.45, 2.75) is 52.2 Å². The van der Waals surface area contributed by atoms with Crippen molar-refractivity contribution in [3.63, 3.8) is 0 Å². The predicted octanol–water partition coefficient (Wildman–Crippen LogP) is 1.84. The van der Waals surface area contributed by atoms with E-state index in [0.29, 0.717) is 6.04 Å². The van der Waals surface area contributed by atoms with Crippen LogP contribution >= 0.6 is 0 Å². The average molecular weight is 194 g/mol. The first kappa shape index (κ1) is 9.71. The van der Waals surface area contributed by atoms with E-state index in [9.17, 15) is 5.11 Å². The minimum Gasteiger partial charge on any atom is -0.390 e. The third-order valence-corrected chi connectivity index (χ3v) is 3.11. The standard InChI is InChI=1S/C11H18N2O/c1-3-11-12-9(7-14)10-6-4-5-8(2)13(10)11/h8,14H,3-7H2,1-2H3. The lowest BCUT2D eigenvalue weighted by Gasteiger charge is -2.24. The van der Waals surface area contributed by atoms with Gasteiger partial charge in [-0.15, -0.1) is 0 Å². The fourth-order valence-corrected chi connectivity index (χ4v) is 2.42. The van der Waals surface area contributed by atoms with Crippen LogP contribution in [0.25, 0.3) is 0 Å².